The Bertz CT molecular complexity index is 941. The molecule has 0 atom stereocenters. The Balaban J connectivity index is 0. The van der Waals surface area contributed by atoms with Crippen molar-refractivity contribution in [1.82, 2.24) is 0 Å². The van der Waals surface area contributed by atoms with Gasteiger partial charge in [-0.05, 0) is 206 Å². The summed E-state index contributed by atoms with van der Waals surface area (Å²) < 4.78 is 12.3. The Morgan fingerprint density at radius 2 is 0.686 bits per heavy atom. The van der Waals surface area contributed by atoms with E-state index in [1.807, 2.05) is 0 Å². The van der Waals surface area contributed by atoms with E-state index in [2.05, 4.69) is 27.7 Å². The molecule has 0 spiro atoms. The summed E-state index contributed by atoms with van der Waals surface area (Å²) in [6, 6.07) is 0. The summed E-state index contributed by atoms with van der Waals surface area (Å²) in [5.74, 6) is 11.0. The van der Waals surface area contributed by atoms with Crippen LogP contribution in [0.4, 0.5) is 0 Å². The zero-order chi connectivity index (χ0) is 35.6. The first-order valence-electron chi connectivity index (χ1n) is 23.6. The van der Waals surface area contributed by atoms with Crippen LogP contribution in [0.3, 0.4) is 0 Å². The van der Waals surface area contributed by atoms with Crippen LogP contribution in [-0.2, 0) is 14.3 Å². The van der Waals surface area contributed by atoms with Crippen LogP contribution in [-0.4, -0.2) is 24.8 Å². The van der Waals surface area contributed by atoms with Gasteiger partial charge in [0.1, 0.15) is 6.10 Å². The Morgan fingerprint density at radius 3 is 1.08 bits per heavy atom. The quantitative estimate of drug-likeness (QED) is 0.234. The van der Waals surface area contributed by atoms with Gasteiger partial charge in [-0.15, -0.1) is 0 Å². The molecule has 0 N–H and O–H groups in total. The van der Waals surface area contributed by atoms with E-state index in [4.69, 9.17) is 9.47 Å². The molecule has 0 heterocycles. The highest BCUT2D eigenvalue weighted by Gasteiger charge is 2.35. The van der Waals surface area contributed by atoms with E-state index in [-0.39, 0.29) is 28.0 Å². The average molecular weight is 723 g/mol. The highest BCUT2D eigenvalue weighted by atomic mass is 16.5. The molecule has 0 bridgehead atoms. The third-order valence-electron chi connectivity index (χ3n) is 16.7. The first kappa shape index (κ1) is 40.1. The van der Waals surface area contributed by atoms with Crippen LogP contribution >= 0.6 is 0 Å². The predicted molar refractivity (Wildman–Crippen MR) is 228 cm³/mol. The Labute approximate surface area is 327 Å². The van der Waals surface area contributed by atoms with E-state index in [0.29, 0.717) is 6.10 Å². The standard InChI is InChI=1S/C27H48O.C21H36O2.7H2/c1-20-3-9-23(10-4-20)25-13-7-22(8-14-25)19-28-27-17-15-26(16-18-27)24-11-5-21(2)6-12-24;1-15-3-7-17(8-4-15)18-9-11-19(12-10-18)21(22)23-20-13-5-16(2)6-14-20;;;;;;;/h20-27H,3-19H2,1-2H3;15-20H,3-14H2,1-2H3;7*1H. The lowest BCUT2D eigenvalue weighted by molar-refractivity contribution is -0.157. The first-order valence-corrected chi connectivity index (χ1v) is 23.6. The third kappa shape index (κ3) is 12.5. The molecule has 3 nitrogen and oxygen atoms in total. The average Bonchev–Trinajstić information content (AvgIpc) is 3.17. The molecule has 7 rings (SSSR count). The zero-order valence-corrected chi connectivity index (χ0v) is 34.3. The number of rotatable bonds is 8. The molecular formula is C48H98O3. The van der Waals surface area contributed by atoms with Crippen molar-refractivity contribution in [3.05, 3.63) is 0 Å². The van der Waals surface area contributed by atoms with Gasteiger partial charge in [0.25, 0.3) is 0 Å². The molecule has 7 saturated carbocycles. The van der Waals surface area contributed by atoms with Crippen LogP contribution in [0.15, 0.2) is 0 Å². The van der Waals surface area contributed by atoms with Crippen molar-refractivity contribution in [2.45, 2.75) is 220 Å². The zero-order valence-electron chi connectivity index (χ0n) is 34.3. The molecule has 7 fully saturated rings. The largest absolute Gasteiger partial charge is 0.462 e. The minimum absolute atomic E-state index is 0. The lowest BCUT2D eigenvalue weighted by Crippen LogP contribution is -2.31. The lowest BCUT2D eigenvalue weighted by atomic mass is 9.69. The molecule has 7 aliphatic rings. The summed E-state index contributed by atoms with van der Waals surface area (Å²) in [7, 11) is 0. The first-order chi connectivity index (χ1) is 24.8. The number of carbonyl (C=O) groups excluding carboxylic acids is 1. The van der Waals surface area contributed by atoms with Gasteiger partial charge in [0, 0.05) is 16.6 Å². The lowest BCUT2D eigenvalue weighted by Gasteiger charge is -2.39. The normalized spacial score (nSPS) is 44.1. The summed E-state index contributed by atoms with van der Waals surface area (Å²) in [5.41, 5.74) is 0. The molecule has 0 radical (unpaired) electrons. The smallest absolute Gasteiger partial charge is 0.309 e. The van der Waals surface area contributed by atoms with Crippen LogP contribution in [0.25, 0.3) is 0 Å². The minimum Gasteiger partial charge on any atom is -0.462 e. The van der Waals surface area contributed by atoms with Crippen molar-refractivity contribution in [2.75, 3.05) is 6.61 Å². The minimum atomic E-state index is 0. The Hall–Kier alpha value is -0.570. The molecule has 0 unspecified atom stereocenters. The second-order valence-corrected chi connectivity index (χ2v) is 20.6. The summed E-state index contributed by atoms with van der Waals surface area (Å²) in [5, 5.41) is 0. The van der Waals surface area contributed by atoms with Gasteiger partial charge < -0.3 is 9.47 Å². The fourth-order valence-corrected chi connectivity index (χ4v) is 12.5. The van der Waals surface area contributed by atoms with E-state index < -0.39 is 0 Å². The molecule has 0 aromatic carbocycles. The molecule has 0 saturated heterocycles. The maximum Gasteiger partial charge on any atom is 0.309 e. The van der Waals surface area contributed by atoms with E-state index in [1.54, 1.807) is 0 Å². The van der Waals surface area contributed by atoms with E-state index in [9.17, 15) is 4.79 Å². The van der Waals surface area contributed by atoms with Gasteiger partial charge in [-0.2, -0.15) is 0 Å². The molecule has 0 aliphatic heterocycles. The number of hydrogen-bond acceptors (Lipinski definition) is 3. The van der Waals surface area contributed by atoms with Crippen LogP contribution in [0.5, 0.6) is 0 Å². The van der Waals surface area contributed by atoms with Crippen LogP contribution in [0.2, 0.25) is 0 Å². The van der Waals surface area contributed by atoms with E-state index in [0.717, 1.165) is 97.4 Å². The molecule has 308 valence electrons. The van der Waals surface area contributed by atoms with Gasteiger partial charge >= 0.3 is 5.97 Å². The predicted octanol–water partition coefficient (Wildman–Crippen LogP) is 15.5. The molecule has 0 aromatic heterocycles. The molecule has 51 heavy (non-hydrogen) atoms. The molecule has 0 amide bonds. The van der Waals surface area contributed by atoms with Gasteiger partial charge in [-0.25, -0.2) is 0 Å². The van der Waals surface area contributed by atoms with Crippen molar-refractivity contribution in [3.63, 3.8) is 0 Å². The van der Waals surface area contributed by atoms with E-state index in [1.165, 1.54) is 154 Å². The summed E-state index contributed by atoms with van der Waals surface area (Å²) in [4.78, 5) is 12.5. The number of carbonyl (C=O) groups is 1. The number of hydrogen-bond donors (Lipinski definition) is 0. The highest BCUT2D eigenvalue weighted by molar-refractivity contribution is 5.72. The molecule has 3 heteroatoms. The second-order valence-electron chi connectivity index (χ2n) is 20.6. The second kappa shape index (κ2) is 20.4. The fourth-order valence-electron chi connectivity index (χ4n) is 12.5. The van der Waals surface area contributed by atoms with Gasteiger partial charge in [0.05, 0.1) is 12.0 Å². The maximum atomic E-state index is 12.5. The SMILES string of the molecule is CC1CCC(C2CCC(COC3CCC(C4CCC(C)CC4)CC3)CC2)CC1.CC1CCC(OC(=O)C2CCC(C3CCC(C)CC3)CC2)CC1.[HH].[HH].[HH].[HH].[HH].[HH].[HH]. The fraction of sp³-hybridized carbons (Fsp3) is 0.979. The summed E-state index contributed by atoms with van der Waals surface area (Å²) in [6.45, 7) is 10.7. The number of ether oxygens (including phenoxy) is 2. The molecule has 0 aromatic rings. The van der Waals surface area contributed by atoms with Gasteiger partial charge in [0.15, 0.2) is 0 Å². The molecular weight excluding hydrogens is 625 g/mol. The van der Waals surface area contributed by atoms with Crippen molar-refractivity contribution in [2.24, 2.45) is 71.0 Å². The third-order valence-corrected chi connectivity index (χ3v) is 16.7. The van der Waals surface area contributed by atoms with Crippen molar-refractivity contribution >= 4 is 5.97 Å². The van der Waals surface area contributed by atoms with Gasteiger partial charge in [0.2, 0.25) is 0 Å². The van der Waals surface area contributed by atoms with E-state index >= 15 is 0 Å². The number of esters is 1. The Morgan fingerprint density at radius 1 is 0.392 bits per heavy atom. The topological polar surface area (TPSA) is 35.5 Å². The van der Waals surface area contributed by atoms with Gasteiger partial charge in [-0.1, -0.05) is 66.2 Å². The van der Waals surface area contributed by atoms with Crippen molar-refractivity contribution in [1.29, 1.82) is 0 Å². The highest BCUT2D eigenvalue weighted by Crippen LogP contribution is 2.44. The van der Waals surface area contributed by atoms with Crippen molar-refractivity contribution in [3.8, 4) is 0 Å². The summed E-state index contributed by atoms with van der Waals surface area (Å²) in [6.07, 6.45) is 39.4. The van der Waals surface area contributed by atoms with Crippen LogP contribution < -0.4 is 0 Å². The van der Waals surface area contributed by atoms with Gasteiger partial charge in [-0.3, -0.25) is 4.79 Å². The van der Waals surface area contributed by atoms with Crippen molar-refractivity contribution < 1.29 is 24.3 Å². The van der Waals surface area contributed by atoms with Crippen LogP contribution in [0, 0.1) is 71.0 Å². The monoisotopic (exact) mass is 723 g/mol. The van der Waals surface area contributed by atoms with Crippen LogP contribution in [0.1, 0.15) is 217 Å². The Kier molecular flexibility index (Phi) is 16.0. The maximum absolute atomic E-state index is 12.5. The molecule has 7 aliphatic carbocycles. The summed E-state index contributed by atoms with van der Waals surface area (Å²) >= 11 is 0.